The van der Waals surface area contributed by atoms with E-state index in [4.69, 9.17) is 4.74 Å². The number of hydrogen-bond donors (Lipinski definition) is 0. The molecule has 112 valence electrons. The van der Waals surface area contributed by atoms with Crippen LogP contribution in [-0.2, 0) is 9.59 Å². The zero-order valence-corrected chi connectivity index (χ0v) is 11.8. The zero-order chi connectivity index (χ0) is 15.0. The number of ether oxygens (including phenoxy) is 1. The summed E-state index contributed by atoms with van der Waals surface area (Å²) >= 11 is 0. The van der Waals surface area contributed by atoms with Crippen molar-refractivity contribution >= 4 is 17.5 Å². The smallest absolute Gasteiger partial charge is 0.250 e. The predicted octanol–water partition coefficient (Wildman–Crippen LogP) is 1.56. The van der Waals surface area contributed by atoms with Gasteiger partial charge in [-0.05, 0) is 31.4 Å². The third-order valence-electron chi connectivity index (χ3n) is 4.11. The number of piperazine rings is 1. The van der Waals surface area contributed by atoms with Gasteiger partial charge in [0.15, 0.2) is 11.6 Å². The molecule has 0 aromatic heterocycles. The molecule has 2 aliphatic rings. The van der Waals surface area contributed by atoms with Gasteiger partial charge in [0.2, 0.25) is 11.8 Å². The summed E-state index contributed by atoms with van der Waals surface area (Å²) in [6.45, 7) is 0.612. The Balaban J connectivity index is 1.90. The van der Waals surface area contributed by atoms with E-state index < -0.39 is 11.9 Å². The van der Waals surface area contributed by atoms with Crippen molar-refractivity contribution in [3.63, 3.8) is 0 Å². The number of amides is 2. The first-order chi connectivity index (χ1) is 10.1. The Labute approximate surface area is 122 Å². The fraction of sp³-hybridized carbons (Fsp3) is 0.467. The lowest BCUT2D eigenvalue weighted by atomic mass is 9.98. The highest BCUT2D eigenvalue weighted by Crippen LogP contribution is 2.29. The van der Waals surface area contributed by atoms with Gasteiger partial charge in [-0.3, -0.25) is 9.59 Å². The van der Waals surface area contributed by atoms with Crippen LogP contribution >= 0.6 is 0 Å². The highest BCUT2D eigenvalue weighted by atomic mass is 19.1. The second-order valence-electron chi connectivity index (χ2n) is 5.34. The Kier molecular flexibility index (Phi) is 3.53. The molecule has 0 radical (unpaired) electrons. The second kappa shape index (κ2) is 5.35. The molecule has 21 heavy (non-hydrogen) atoms. The van der Waals surface area contributed by atoms with E-state index in [1.54, 1.807) is 11.0 Å². The molecule has 2 heterocycles. The molecule has 1 unspecified atom stereocenters. The number of methoxy groups -OCH3 is 1. The molecule has 2 amide bonds. The number of anilines is 1. The molecule has 1 aromatic rings. The zero-order valence-electron chi connectivity index (χ0n) is 11.8. The summed E-state index contributed by atoms with van der Waals surface area (Å²) in [7, 11) is 1.38. The van der Waals surface area contributed by atoms with Crippen molar-refractivity contribution < 1.29 is 18.7 Å². The minimum atomic E-state index is -0.540. The predicted molar refractivity (Wildman–Crippen MR) is 74.7 cm³/mol. The molecule has 2 fully saturated rings. The summed E-state index contributed by atoms with van der Waals surface area (Å²) in [6.07, 6.45) is 2.55. The number of piperidine rings is 1. The summed E-state index contributed by atoms with van der Waals surface area (Å²) in [5.41, 5.74) is 0.400. The minimum Gasteiger partial charge on any atom is -0.494 e. The van der Waals surface area contributed by atoms with Crippen LogP contribution in [0.3, 0.4) is 0 Å². The third-order valence-corrected chi connectivity index (χ3v) is 4.11. The minimum absolute atomic E-state index is 0.0267. The van der Waals surface area contributed by atoms with E-state index in [1.807, 2.05) is 0 Å². The van der Waals surface area contributed by atoms with Crippen LogP contribution in [0.4, 0.5) is 10.1 Å². The van der Waals surface area contributed by atoms with Gasteiger partial charge in [-0.2, -0.15) is 0 Å². The molecule has 2 saturated heterocycles. The molecular weight excluding hydrogens is 275 g/mol. The van der Waals surface area contributed by atoms with Crippen LogP contribution < -0.4 is 9.64 Å². The maximum absolute atomic E-state index is 13.8. The van der Waals surface area contributed by atoms with Gasteiger partial charge in [0.25, 0.3) is 0 Å². The molecule has 0 spiro atoms. The quantitative estimate of drug-likeness (QED) is 0.831. The van der Waals surface area contributed by atoms with Crippen molar-refractivity contribution in [1.29, 1.82) is 0 Å². The average Bonchev–Trinajstić information content (AvgIpc) is 2.51. The number of fused-ring (bicyclic) bond motifs is 1. The Morgan fingerprint density at radius 3 is 2.81 bits per heavy atom. The maximum Gasteiger partial charge on any atom is 0.250 e. The molecule has 0 N–H and O–H groups in total. The van der Waals surface area contributed by atoms with Crippen molar-refractivity contribution in [3.8, 4) is 5.75 Å². The van der Waals surface area contributed by atoms with Crippen LogP contribution in [0.1, 0.15) is 19.3 Å². The third kappa shape index (κ3) is 2.34. The number of benzene rings is 1. The molecule has 5 nitrogen and oxygen atoms in total. The SMILES string of the molecule is COc1ccc(N2CC(=O)N3CCCCC3C2=O)cc1F. The van der Waals surface area contributed by atoms with Crippen molar-refractivity contribution in [2.75, 3.05) is 25.1 Å². The summed E-state index contributed by atoms with van der Waals surface area (Å²) in [5.74, 6) is -0.621. The number of hydrogen-bond acceptors (Lipinski definition) is 3. The van der Waals surface area contributed by atoms with Crippen LogP contribution in [-0.4, -0.2) is 43.0 Å². The van der Waals surface area contributed by atoms with E-state index in [9.17, 15) is 14.0 Å². The Bertz CT molecular complexity index is 590. The van der Waals surface area contributed by atoms with E-state index in [2.05, 4.69) is 0 Å². The van der Waals surface area contributed by atoms with Gasteiger partial charge in [-0.1, -0.05) is 0 Å². The van der Waals surface area contributed by atoms with Crippen LogP contribution in [0.5, 0.6) is 5.75 Å². The molecule has 3 rings (SSSR count). The standard InChI is InChI=1S/C15H17FN2O3/c1-21-13-6-5-10(8-11(13)16)18-9-14(19)17-7-3-2-4-12(17)15(18)20/h5-6,8,12H,2-4,7,9H2,1H3. The van der Waals surface area contributed by atoms with Gasteiger partial charge >= 0.3 is 0 Å². The monoisotopic (exact) mass is 292 g/mol. The van der Waals surface area contributed by atoms with E-state index in [0.29, 0.717) is 18.7 Å². The van der Waals surface area contributed by atoms with Gasteiger partial charge in [-0.25, -0.2) is 4.39 Å². The van der Waals surface area contributed by atoms with Crippen LogP contribution in [0.25, 0.3) is 0 Å². The molecule has 2 aliphatic heterocycles. The van der Waals surface area contributed by atoms with Crippen LogP contribution in [0, 0.1) is 5.82 Å². The lowest BCUT2D eigenvalue weighted by Gasteiger charge is -2.42. The van der Waals surface area contributed by atoms with Crippen molar-refractivity contribution in [2.45, 2.75) is 25.3 Å². The van der Waals surface area contributed by atoms with E-state index >= 15 is 0 Å². The van der Waals surface area contributed by atoms with Crippen LogP contribution in [0.2, 0.25) is 0 Å². The Hall–Kier alpha value is -2.11. The van der Waals surface area contributed by atoms with E-state index in [1.165, 1.54) is 24.1 Å². The van der Waals surface area contributed by atoms with Gasteiger partial charge in [0, 0.05) is 18.3 Å². The first-order valence-electron chi connectivity index (χ1n) is 7.06. The van der Waals surface area contributed by atoms with Crippen molar-refractivity contribution in [3.05, 3.63) is 24.0 Å². The molecule has 0 saturated carbocycles. The lowest BCUT2D eigenvalue weighted by molar-refractivity contribution is -0.144. The highest BCUT2D eigenvalue weighted by molar-refractivity contribution is 6.06. The number of carbonyl (C=O) groups is 2. The van der Waals surface area contributed by atoms with Gasteiger partial charge in [0.1, 0.15) is 12.6 Å². The first-order valence-corrected chi connectivity index (χ1v) is 7.06. The van der Waals surface area contributed by atoms with E-state index in [-0.39, 0.29) is 24.1 Å². The first kappa shape index (κ1) is 13.9. The summed E-state index contributed by atoms with van der Waals surface area (Å²) in [4.78, 5) is 27.8. The molecule has 6 heteroatoms. The topological polar surface area (TPSA) is 49.9 Å². The lowest BCUT2D eigenvalue weighted by Crippen LogP contribution is -2.61. The molecule has 0 aliphatic carbocycles. The molecular formula is C15H17FN2O3. The molecule has 0 bridgehead atoms. The average molecular weight is 292 g/mol. The molecule has 1 aromatic carbocycles. The number of nitrogens with zero attached hydrogens (tertiary/aromatic N) is 2. The van der Waals surface area contributed by atoms with Gasteiger partial charge in [-0.15, -0.1) is 0 Å². The number of rotatable bonds is 2. The summed E-state index contributed by atoms with van der Waals surface area (Å²) in [6, 6.07) is 3.91. The Morgan fingerprint density at radius 1 is 1.29 bits per heavy atom. The fourth-order valence-corrected chi connectivity index (χ4v) is 3.01. The largest absolute Gasteiger partial charge is 0.494 e. The summed E-state index contributed by atoms with van der Waals surface area (Å²) < 4.78 is 18.7. The number of carbonyl (C=O) groups excluding carboxylic acids is 2. The highest BCUT2D eigenvalue weighted by Gasteiger charge is 2.41. The normalized spacial score (nSPS) is 22.3. The van der Waals surface area contributed by atoms with Gasteiger partial charge < -0.3 is 14.5 Å². The number of halogens is 1. The maximum atomic E-state index is 13.8. The van der Waals surface area contributed by atoms with E-state index in [0.717, 1.165) is 12.8 Å². The summed E-state index contributed by atoms with van der Waals surface area (Å²) in [5, 5.41) is 0. The van der Waals surface area contributed by atoms with Crippen molar-refractivity contribution in [1.82, 2.24) is 4.90 Å². The molecule has 1 atom stereocenters. The van der Waals surface area contributed by atoms with Gasteiger partial charge in [0.05, 0.1) is 7.11 Å². The fourth-order valence-electron chi connectivity index (χ4n) is 3.01. The van der Waals surface area contributed by atoms with Crippen molar-refractivity contribution in [2.24, 2.45) is 0 Å². The van der Waals surface area contributed by atoms with Crippen LogP contribution in [0.15, 0.2) is 18.2 Å². The Morgan fingerprint density at radius 2 is 2.10 bits per heavy atom. The second-order valence-corrected chi connectivity index (χ2v) is 5.34.